The highest BCUT2D eigenvalue weighted by Crippen LogP contribution is 2.29. The molecule has 3 heteroatoms. The van der Waals surface area contributed by atoms with E-state index in [-0.39, 0.29) is 6.42 Å². The molecule has 2 aromatic rings. The summed E-state index contributed by atoms with van der Waals surface area (Å²) < 4.78 is 0. The van der Waals surface area contributed by atoms with Crippen LogP contribution in [-0.2, 0) is 11.2 Å². The average Bonchev–Trinajstić information content (AvgIpc) is 2.35. The molecule has 0 radical (unpaired) electrons. The predicted octanol–water partition coefficient (Wildman–Crippen LogP) is 4.25. The van der Waals surface area contributed by atoms with Crippen LogP contribution in [0.15, 0.2) is 36.4 Å². The molecular formula is C16H15ClO2. The molecule has 98 valence electrons. The maximum atomic E-state index is 10.7. The van der Waals surface area contributed by atoms with Gasteiger partial charge in [-0.25, -0.2) is 0 Å². The molecule has 0 heterocycles. The molecule has 2 rings (SSSR count). The number of carboxylic acid groups (broad SMARTS) is 1. The zero-order chi connectivity index (χ0) is 14.0. The predicted molar refractivity (Wildman–Crippen MR) is 77.7 cm³/mol. The fourth-order valence-electron chi connectivity index (χ4n) is 2.08. The Morgan fingerprint density at radius 3 is 2.58 bits per heavy atom. The van der Waals surface area contributed by atoms with Crippen LogP contribution >= 0.6 is 11.6 Å². The van der Waals surface area contributed by atoms with Crippen LogP contribution in [0.4, 0.5) is 0 Å². The van der Waals surface area contributed by atoms with Gasteiger partial charge in [-0.1, -0.05) is 41.9 Å². The van der Waals surface area contributed by atoms with E-state index in [1.807, 2.05) is 24.3 Å². The minimum Gasteiger partial charge on any atom is -0.481 e. The van der Waals surface area contributed by atoms with Crippen LogP contribution in [0.25, 0.3) is 11.1 Å². The van der Waals surface area contributed by atoms with Gasteiger partial charge in [0, 0.05) is 5.02 Å². The number of aliphatic carboxylic acids is 1. The van der Waals surface area contributed by atoms with Crippen LogP contribution in [0.3, 0.4) is 0 Å². The first kappa shape index (κ1) is 13.6. The Kier molecular flexibility index (Phi) is 3.91. The van der Waals surface area contributed by atoms with E-state index in [4.69, 9.17) is 16.7 Å². The van der Waals surface area contributed by atoms with Gasteiger partial charge in [-0.15, -0.1) is 0 Å². The van der Waals surface area contributed by atoms with Crippen molar-refractivity contribution in [2.45, 2.75) is 20.3 Å². The zero-order valence-corrected chi connectivity index (χ0v) is 11.7. The van der Waals surface area contributed by atoms with Gasteiger partial charge in [0.2, 0.25) is 0 Å². The van der Waals surface area contributed by atoms with Crippen molar-refractivity contribution in [3.63, 3.8) is 0 Å². The number of carbonyl (C=O) groups is 1. The highest BCUT2D eigenvalue weighted by atomic mass is 35.5. The molecule has 0 saturated heterocycles. The van der Waals surface area contributed by atoms with Crippen molar-refractivity contribution in [1.29, 1.82) is 0 Å². The van der Waals surface area contributed by atoms with Gasteiger partial charge in [-0.3, -0.25) is 4.79 Å². The second-order valence-corrected chi connectivity index (χ2v) is 5.03. The van der Waals surface area contributed by atoms with E-state index in [1.165, 1.54) is 11.1 Å². The van der Waals surface area contributed by atoms with Crippen molar-refractivity contribution in [3.8, 4) is 11.1 Å². The topological polar surface area (TPSA) is 37.3 Å². The standard InChI is InChI=1S/C16H15ClO2/c1-10-4-3-5-14(11(10)2)12-6-7-13(9-16(18)19)15(17)8-12/h3-8H,9H2,1-2H3,(H,18,19). The highest BCUT2D eigenvalue weighted by Gasteiger charge is 2.09. The summed E-state index contributed by atoms with van der Waals surface area (Å²) >= 11 is 6.15. The van der Waals surface area contributed by atoms with Crippen LogP contribution in [0.5, 0.6) is 0 Å². The molecule has 0 aliphatic heterocycles. The van der Waals surface area contributed by atoms with E-state index >= 15 is 0 Å². The van der Waals surface area contributed by atoms with Crippen LogP contribution in [0.2, 0.25) is 5.02 Å². The van der Waals surface area contributed by atoms with Crippen molar-refractivity contribution >= 4 is 17.6 Å². The maximum Gasteiger partial charge on any atom is 0.307 e. The summed E-state index contributed by atoms with van der Waals surface area (Å²) in [7, 11) is 0. The summed E-state index contributed by atoms with van der Waals surface area (Å²) in [5.74, 6) is -0.874. The Morgan fingerprint density at radius 2 is 1.95 bits per heavy atom. The van der Waals surface area contributed by atoms with Crippen molar-refractivity contribution in [1.82, 2.24) is 0 Å². The molecule has 0 bridgehead atoms. The minimum absolute atomic E-state index is 0.0497. The third-order valence-corrected chi connectivity index (χ3v) is 3.66. The molecule has 0 spiro atoms. The molecule has 2 nitrogen and oxygen atoms in total. The fraction of sp³-hybridized carbons (Fsp3) is 0.188. The SMILES string of the molecule is Cc1cccc(-c2ccc(CC(=O)O)c(Cl)c2)c1C. The van der Waals surface area contributed by atoms with Gasteiger partial charge in [0.25, 0.3) is 0 Å². The van der Waals surface area contributed by atoms with Gasteiger partial charge in [0.15, 0.2) is 0 Å². The largest absolute Gasteiger partial charge is 0.481 e. The van der Waals surface area contributed by atoms with E-state index in [0.29, 0.717) is 10.6 Å². The lowest BCUT2D eigenvalue weighted by Crippen LogP contribution is -2.00. The molecule has 0 saturated carbocycles. The quantitative estimate of drug-likeness (QED) is 0.908. The van der Waals surface area contributed by atoms with E-state index in [0.717, 1.165) is 11.1 Å². The Morgan fingerprint density at radius 1 is 1.21 bits per heavy atom. The summed E-state index contributed by atoms with van der Waals surface area (Å²) in [6, 6.07) is 11.7. The van der Waals surface area contributed by atoms with Gasteiger partial charge >= 0.3 is 5.97 Å². The Balaban J connectivity index is 2.44. The smallest absolute Gasteiger partial charge is 0.307 e. The molecule has 19 heavy (non-hydrogen) atoms. The molecule has 0 fully saturated rings. The average molecular weight is 275 g/mol. The number of hydrogen-bond donors (Lipinski definition) is 1. The van der Waals surface area contributed by atoms with Crippen molar-refractivity contribution in [2.75, 3.05) is 0 Å². The van der Waals surface area contributed by atoms with Crippen LogP contribution < -0.4 is 0 Å². The Bertz CT molecular complexity index is 633. The van der Waals surface area contributed by atoms with Crippen molar-refractivity contribution in [3.05, 3.63) is 58.1 Å². The lowest BCUT2D eigenvalue weighted by atomic mass is 9.96. The van der Waals surface area contributed by atoms with Gasteiger partial charge in [-0.05, 0) is 47.7 Å². The lowest BCUT2D eigenvalue weighted by Gasteiger charge is -2.10. The van der Waals surface area contributed by atoms with E-state index in [9.17, 15) is 4.79 Å². The number of benzene rings is 2. The molecule has 0 aliphatic rings. The first-order chi connectivity index (χ1) is 8.99. The molecule has 1 N–H and O–H groups in total. The van der Waals surface area contributed by atoms with Gasteiger partial charge in [-0.2, -0.15) is 0 Å². The highest BCUT2D eigenvalue weighted by molar-refractivity contribution is 6.31. The maximum absolute atomic E-state index is 10.7. The number of rotatable bonds is 3. The molecular weight excluding hydrogens is 260 g/mol. The third kappa shape index (κ3) is 2.96. The summed E-state index contributed by atoms with van der Waals surface area (Å²) in [6.07, 6.45) is -0.0497. The minimum atomic E-state index is -0.874. The monoisotopic (exact) mass is 274 g/mol. The molecule has 0 amide bonds. The summed E-state index contributed by atoms with van der Waals surface area (Å²) in [4.78, 5) is 10.7. The zero-order valence-electron chi connectivity index (χ0n) is 10.9. The van der Waals surface area contributed by atoms with Gasteiger partial charge < -0.3 is 5.11 Å². The Labute approximate surface area is 117 Å². The van der Waals surface area contributed by atoms with Crippen LogP contribution in [0.1, 0.15) is 16.7 Å². The fourth-order valence-corrected chi connectivity index (χ4v) is 2.33. The number of hydrogen-bond acceptors (Lipinski definition) is 1. The van der Waals surface area contributed by atoms with Crippen LogP contribution in [-0.4, -0.2) is 11.1 Å². The molecule has 0 unspecified atom stereocenters. The third-order valence-electron chi connectivity index (χ3n) is 3.31. The van der Waals surface area contributed by atoms with Gasteiger partial charge in [0.1, 0.15) is 0 Å². The number of halogens is 1. The van der Waals surface area contributed by atoms with E-state index in [1.54, 1.807) is 6.07 Å². The second-order valence-electron chi connectivity index (χ2n) is 4.62. The summed E-state index contributed by atoms with van der Waals surface area (Å²) in [5.41, 5.74) is 5.22. The Hall–Kier alpha value is -1.80. The number of aryl methyl sites for hydroxylation is 1. The first-order valence-corrected chi connectivity index (χ1v) is 6.43. The summed E-state index contributed by atoms with van der Waals surface area (Å²) in [6.45, 7) is 4.14. The van der Waals surface area contributed by atoms with Gasteiger partial charge in [0.05, 0.1) is 6.42 Å². The lowest BCUT2D eigenvalue weighted by molar-refractivity contribution is -0.136. The first-order valence-electron chi connectivity index (χ1n) is 6.06. The number of carboxylic acids is 1. The molecule has 0 aliphatic carbocycles. The normalized spacial score (nSPS) is 10.5. The molecule has 0 aromatic heterocycles. The van der Waals surface area contributed by atoms with Crippen LogP contribution in [0, 0.1) is 13.8 Å². The second kappa shape index (κ2) is 5.45. The van der Waals surface area contributed by atoms with Crippen molar-refractivity contribution in [2.24, 2.45) is 0 Å². The molecule has 2 aromatic carbocycles. The summed E-state index contributed by atoms with van der Waals surface area (Å²) in [5, 5.41) is 9.30. The van der Waals surface area contributed by atoms with E-state index in [2.05, 4.69) is 19.9 Å². The van der Waals surface area contributed by atoms with Crippen molar-refractivity contribution < 1.29 is 9.90 Å². The molecule has 0 atom stereocenters. The van der Waals surface area contributed by atoms with E-state index < -0.39 is 5.97 Å².